The topological polar surface area (TPSA) is 104 Å². The maximum absolute atomic E-state index is 15.2. The van der Waals surface area contributed by atoms with Gasteiger partial charge in [-0.3, -0.25) is 24.1 Å². The fourth-order valence-electron chi connectivity index (χ4n) is 8.83. The van der Waals surface area contributed by atoms with Gasteiger partial charge in [-0.25, -0.2) is 4.90 Å². The summed E-state index contributed by atoms with van der Waals surface area (Å²) in [4.78, 5) is 60.8. The first-order valence-electron chi connectivity index (χ1n) is 16.6. The molecule has 4 aromatic rings. The lowest BCUT2D eigenvalue weighted by Gasteiger charge is -2.49. The van der Waals surface area contributed by atoms with Gasteiger partial charge in [0.2, 0.25) is 23.6 Å². The van der Waals surface area contributed by atoms with E-state index in [0.717, 1.165) is 5.57 Å². The third-order valence-corrected chi connectivity index (χ3v) is 11.2. The molecule has 6 atom stereocenters. The van der Waals surface area contributed by atoms with E-state index in [1.807, 2.05) is 54.6 Å². The minimum absolute atomic E-state index is 0.00894. The summed E-state index contributed by atoms with van der Waals surface area (Å²) < 4.78 is 5.36. The molecule has 8 rings (SSSR count). The number of phenolic OH excluding ortho intramolecular Hbond substituents is 1. The molecule has 2 aliphatic carbocycles. The zero-order valence-electron chi connectivity index (χ0n) is 27.1. The Morgan fingerprint density at radius 3 is 2.24 bits per heavy atom. The molecule has 4 amide bonds. The van der Waals surface area contributed by atoms with Crippen LogP contribution in [-0.2, 0) is 24.6 Å². The zero-order chi connectivity index (χ0) is 34.7. The molecular weight excluding hydrogens is 652 g/mol. The van der Waals surface area contributed by atoms with Crippen LogP contribution in [0.25, 0.3) is 6.08 Å². The summed E-state index contributed by atoms with van der Waals surface area (Å²) in [7, 11) is 1.47. The molecule has 0 bridgehead atoms. The number of methoxy groups -OCH3 is 1. The highest BCUT2D eigenvalue weighted by Gasteiger charge is 2.69. The summed E-state index contributed by atoms with van der Waals surface area (Å²) in [5.41, 5.74) is 1.79. The van der Waals surface area contributed by atoms with Crippen molar-refractivity contribution >= 4 is 52.7 Å². The molecule has 2 aliphatic heterocycles. The first-order chi connectivity index (χ1) is 24.2. The Labute approximate surface area is 294 Å². The number of carbonyl (C=O) groups is 4. The van der Waals surface area contributed by atoms with E-state index in [0.29, 0.717) is 39.7 Å². The Morgan fingerprint density at radius 2 is 1.52 bits per heavy atom. The zero-order valence-corrected chi connectivity index (χ0v) is 27.9. The van der Waals surface area contributed by atoms with Gasteiger partial charge in [-0.1, -0.05) is 96.1 Å². The van der Waals surface area contributed by atoms with E-state index in [1.165, 1.54) is 23.0 Å². The summed E-state index contributed by atoms with van der Waals surface area (Å²) in [6.07, 6.45) is 6.37. The van der Waals surface area contributed by atoms with Crippen molar-refractivity contribution in [1.29, 1.82) is 0 Å². The van der Waals surface area contributed by atoms with Gasteiger partial charge in [0.05, 0.1) is 41.7 Å². The van der Waals surface area contributed by atoms with Gasteiger partial charge in [0.1, 0.15) is 0 Å². The fourth-order valence-corrected chi connectivity index (χ4v) is 9.01. The number of benzene rings is 4. The van der Waals surface area contributed by atoms with Crippen molar-refractivity contribution in [3.8, 4) is 11.5 Å². The van der Waals surface area contributed by atoms with Crippen molar-refractivity contribution < 1.29 is 29.0 Å². The van der Waals surface area contributed by atoms with Gasteiger partial charge in [0, 0.05) is 10.9 Å². The first-order valence-corrected chi connectivity index (χ1v) is 17.0. The number of ether oxygens (including phenoxy) is 1. The van der Waals surface area contributed by atoms with Crippen LogP contribution in [0.2, 0.25) is 5.02 Å². The second kappa shape index (κ2) is 12.1. The van der Waals surface area contributed by atoms with Crippen LogP contribution in [0.15, 0.2) is 121 Å². The largest absolute Gasteiger partial charge is 0.504 e. The van der Waals surface area contributed by atoms with Gasteiger partial charge < -0.3 is 9.84 Å². The summed E-state index contributed by atoms with van der Waals surface area (Å²) in [6, 6.07) is 30.0. The van der Waals surface area contributed by atoms with Crippen LogP contribution in [0, 0.1) is 29.6 Å². The van der Waals surface area contributed by atoms with E-state index >= 15 is 4.79 Å². The number of para-hydroxylation sites is 1. The number of hydrogen-bond donors (Lipinski definition) is 1. The summed E-state index contributed by atoms with van der Waals surface area (Å²) in [5, 5.41) is 10.6. The first kappa shape index (κ1) is 31.8. The van der Waals surface area contributed by atoms with Crippen LogP contribution in [0.3, 0.4) is 0 Å². The van der Waals surface area contributed by atoms with Crippen LogP contribution < -0.4 is 14.5 Å². The van der Waals surface area contributed by atoms with E-state index in [4.69, 9.17) is 16.3 Å². The van der Waals surface area contributed by atoms with E-state index < -0.39 is 35.0 Å². The summed E-state index contributed by atoms with van der Waals surface area (Å²) in [6.45, 7) is 0. The molecule has 6 unspecified atom stereocenters. The number of fused-ring (bicyclic) bond motifs is 4. The van der Waals surface area contributed by atoms with Gasteiger partial charge in [-0.15, -0.1) is 0 Å². The summed E-state index contributed by atoms with van der Waals surface area (Å²) >= 11 is 6.39. The maximum Gasteiger partial charge on any atom is 0.246 e. The van der Waals surface area contributed by atoms with E-state index in [-0.39, 0.29) is 35.8 Å². The van der Waals surface area contributed by atoms with Crippen molar-refractivity contribution in [2.24, 2.45) is 29.6 Å². The van der Waals surface area contributed by atoms with Gasteiger partial charge in [0.25, 0.3) is 0 Å². The molecular formula is C41H33ClN2O6. The smallest absolute Gasteiger partial charge is 0.246 e. The number of allylic oxidation sites excluding steroid dienone is 3. The average molecular weight is 685 g/mol. The van der Waals surface area contributed by atoms with E-state index in [1.54, 1.807) is 60.7 Å². The number of carbonyl (C=O) groups excluding carboxylic acids is 4. The second-order valence-electron chi connectivity index (χ2n) is 13.3. The molecule has 0 aromatic heterocycles. The molecule has 4 aromatic carbocycles. The van der Waals surface area contributed by atoms with Gasteiger partial charge in [0.15, 0.2) is 11.5 Å². The van der Waals surface area contributed by atoms with Crippen molar-refractivity contribution in [3.05, 3.63) is 137 Å². The lowest BCUT2D eigenvalue weighted by Crippen LogP contribution is -2.54. The summed E-state index contributed by atoms with van der Waals surface area (Å²) in [5.74, 6) is -4.26. The van der Waals surface area contributed by atoms with E-state index in [2.05, 4.69) is 0 Å². The predicted molar refractivity (Wildman–Crippen MR) is 189 cm³/mol. The van der Waals surface area contributed by atoms with E-state index in [9.17, 15) is 19.5 Å². The molecule has 2 heterocycles. The SMILES string of the molecule is COc1cc(C=CC2C3=CCC4C(=O)N(c5ccccc5)C(=O)C4C3CC3C(=O)N(c4cccc(Cl)c4)C(=O)C23c2ccccc2)ccc1O. The number of rotatable bonds is 6. The molecule has 3 fully saturated rings. The lowest BCUT2D eigenvalue weighted by atomic mass is 9.50. The Balaban J connectivity index is 1.33. The normalized spacial score (nSPS) is 27.3. The third-order valence-electron chi connectivity index (χ3n) is 10.9. The number of imide groups is 2. The van der Waals surface area contributed by atoms with Crippen molar-refractivity contribution in [3.63, 3.8) is 0 Å². The number of halogens is 1. The Bertz CT molecular complexity index is 2110. The van der Waals surface area contributed by atoms with Gasteiger partial charge in [-0.2, -0.15) is 0 Å². The molecule has 0 spiro atoms. The number of nitrogens with zero attached hydrogens (tertiary/aromatic N) is 2. The third kappa shape index (κ3) is 4.66. The Morgan fingerprint density at radius 1 is 0.800 bits per heavy atom. The van der Waals surface area contributed by atoms with Crippen LogP contribution in [0.1, 0.15) is 24.0 Å². The highest BCUT2D eigenvalue weighted by atomic mass is 35.5. The molecule has 4 aliphatic rings. The molecule has 0 radical (unpaired) electrons. The number of hydrogen-bond acceptors (Lipinski definition) is 6. The maximum atomic E-state index is 15.2. The molecule has 2 saturated heterocycles. The number of amides is 4. The van der Waals surface area contributed by atoms with Crippen LogP contribution in [-0.4, -0.2) is 35.8 Å². The molecule has 50 heavy (non-hydrogen) atoms. The van der Waals surface area contributed by atoms with Gasteiger partial charge >= 0.3 is 0 Å². The van der Waals surface area contributed by atoms with Crippen molar-refractivity contribution in [2.75, 3.05) is 16.9 Å². The number of anilines is 2. The molecule has 8 nitrogen and oxygen atoms in total. The second-order valence-corrected chi connectivity index (χ2v) is 13.7. The molecule has 1 N–H and O–H groups in total. The molecule has 1 saturated carbocycles. The average Bonchev–Trinajstić information content (AvgIpc) is 3.53. The monoisotopic (exact) mass is 684 g/mol. The minimum Gasteiger partial charge on any atom is -0.504 e. The van der Waals surface area contributed by atoms with Crippen LogP contribution in [0.5, 0.6) is 11.5 Å². The fraction of sp³-hybridized carbons (Fsp3) is 0.220. The van der Waals surface area contributed by atoms with Gasteiger partial charge in [-0.05, 0) is 72.4 Å². The van der Waals surface area contributed by atoms with Crippen LogP contribution >= 0.6 is 11.6 Å². The number of aromatic hydroxyl groups is 1. The quantitative estimate of drug-likeness (QED) is 0.174. The minimum atomic E-state index is -1.36. The predicted octanol–water partition coefficient (Wildman–Crippen LogP) is 6.97. The van der Waals surface area contributed by atoms with Crippen LogP contribution in [0.4, 0.5) is 11.4 Å². The standard InChI is InChI=1S/C41H33ClN2O6/c1-50-35-21-24(16-20-34(35)45)15-19-32-29-17-18-30-36(39(48)43(37(30)46)27-12-6-3-7-13-27)31(29)23-33-38(47)44(28-14-8-11-26(42)22-28)40(49)41(32,33)25-9-4-2-5-10-25/h2-17,19-22,30-33,36,45H,18,23H2,1H3. The van der Waals surface area contributed by atoms with Crippen molar-refractivity contribution in [1.82, 2.24) is 0 Å². The molecule has 250 valence electrons. The Kier molecular flexibility index (Phi) is 7.72. The number of phenols is 1. The molecule has 9 heteroatoms. The highest BCUT2D eigenvalue weighted by molar-refractivity contribution is 6.32. The lowest BCUT2D eigenvalue weighted by molar-refractivity contribution is -0.128. The van der Waals surface area contributed by atoms with Crippen molar-refractivity contribution in [2.45, 2.75) is 18.3 Å². The Hall–Kier alpha value is -5.47. The highest BCUT2D eigenvalue weighted by Crippen LogP contribution is 2.62.